The van der Waals surface area contributed by atoms with Gasteiger partial charge in [0.1, 0.15) is 17.7 Å². The van der Waals surface area contributed by atoms with Gasteiger partial charge in [-0.25, -0.2) is 14.8 Å². The number of piperazine rings is 1. The highest BCUT2D eigenvalue weighted by atomic mass is 35.5. The van der Waals surface area contributed by atoms with E-state index < -0.39 is 23.9 Å². The molecule has 2 aromatic rings. The summed E-state index contributed by atoms with van der Waals surface area (Å²) in [4.78, 5) is 25.6. The predicted molar refractivity (Wildman–Crippen MR) is 145 cm³/mol. The van der Waals surface area contributed by atoms with E-state index in [4.69, 9.17) is 25.6 Å². The molecule has 3 heterocycles. The minimum atomic E-state index is -0.573. The number of hydrogen-bond donors (Lipinski definition) is 0. The molecular weight excluding hydrogens is 487 g/mol. The standard InChI is InChI=1S/C24H34BClN4O4.H2S/c1-15-13-29(21(31)32-22(2,3)4)9-10-30(15)20-16-11-18(26)17(12-19(16)27-14-28-20)25-33-23(5,6)24(7,8)34-25;/h11-12,14-15H,9-10,13H2,1-8H3;1H2/t15-;/m0./s1. The number of carbonyl (C=O) groups excluding carboxylic acids is 1. The van der Waals surface area contributed by atoms with Crippen LogP contribution in [0.4, 0.5) is 10.6 Å². The van der Waals surface area contributed by atoms with Gasteiger partial charge >= 0.3 is 13.2 Å². The number of aromatic nitrogens is 2. The highest BCUT2D eigenvalue weighted by Gasteiger charge is 2.52. The van der Waals surface area contributed by atoms with Gasteiger partial charge in [0.15, 0.2) is 0 Å². The Bertz CT molecular complexity index is 1090. The third kappa shape index (κ3) is 5.50. The number of fused-ring (bicyclic) bond motifs is 1. The quantitative estimate of drug-likeness (QED) is 0.549. The second-order valence-corrected chi connectivity index (χ2v) is 11.6. The van der Waals surface area contributed by atoms with Gasteiger partial charge < -0.3 is 23.8 Å². The molecule has 0 bridgehead atoms. The Hall–Kier alpha value is -1.75. The van der Waals surface area contributed by atoms with E-state index in [1.165, 1.54) is 0 Å². The van der Waals surface area contributed by atoms with Crippen LogP contribution in [0.2, 0.25) is 5.02 Å². The largest absolute Gasteiger partial charge is 0.496 e. The maximum atomic E-state index is 12.5. The van der Waals surface area contributed by atoms with Gasteiger partial charge in [-0.15, -0.1) is 0 Å². The third-order valence-electron chi connectivity index (χ3n) is 6.79. The number of anilines is 1. The topological polar surface area (TPSA) is 77.0 Å². The van der Waals surface area contributed by atoms with Gasteiger partial charge in [0.25, 0.3) is 0 Å². The molecule has 0 spiro atoms. The molecule has 0 N–H and O–H groups in total. The number of rotatable bonds is 2. The summed E-state index contributed by atoms with van der Waals surface area (Å²) in [6.07, 6.45) is 1.27. The fraction of sp³-hybridized carbons (Fsp3) is 0.625. The Morgan fingerprint density at radius 2 is 1.77 bits per heavy atom. The van der Waals surface area contributed by atoms with Crippen molar-refractivity contribution in [2.45, 2.75) is 78.2 Å². The number of carbonyl (C=O) groups is 1. The second-order valence-electron chi connectivity index (χ2n) is 11.1. The van der Waals surface area contributed by atoms with Crippen LogP contribution >= 0.6 is 25.1 Å². The highest BCUT2D eigenvalue weighted by molar-refractivity contribution is 7.59. The van der Waals surface area contributed by atoms with Gasteiger partial charge in [-0.1, -0.05) is 11.6 Å². The van der Waals surface area contributed by atoms with E-state index in [1.54, 1.807) is 11.2 Å². The summed E-state index contributed by atoms with van der Waals surface area (Å²) in [7, 11) is -0.573. The average Bonchev–Trinajstić information content (AvgIpc) is 2.93. The molecule has 2 fully saturated rings. The molecule has 1 amide bonds. The van der Waals surface area contributed by atoms with Crippen LogP contribution in [-0.2, 0) is 14.0 Å². The molecule has 192 valence electrons. The number of benzene rings is 1. The molecule has 0 aliphatic carbocycles. The SMILES string of the molecule is C[C@H]1CN(C(=O)OC(C)(C)C)CCN1c1ncnc2cc(B3OC(C)(C)C(C)(C)O3)c(Cl)cc12.S. The molecule has 35 heavy (non-hydrogen) atoms. The van der Waals surface area contributed by atoms with Crippen molar-refractivity contribution in [3.63, 3.8) is 0 Å². The molecule has 0 unspecified atom stereocenters. The molecule has 11 heteroatoms. The van der Waals surface area contributed by atoms with Crippen molar-refractivity contribution < 1.29 is 18.8 Å². The van der Waals surface area contributed by atoms with Crippen molar-refractivity contribution in [1.29, 1.82) is 0 Å². The lowest BCUT2D eigenvalue weighted by molar-refractivity contribution is 0.00578. The lowest BCUT2D eigenvalue weighted by atomic mass is 9.78. The summed E-state index contributed by atoms with van der Waals surface area (Å²) in [5.74, 6) is 0.795. The molecule has 0 saturated carbocycles. The number of ether oxygens (including phenoxy) is 1. The fourth-order valence-corrected chi connectivity index (χ4v) is 4.48. The number of nitrogens with zero attached hydrogens (tertiary/aromatic N) is 4. The summed E-state index contributed by atoms with van der Waals surface area (Å²) in [5, 5.41) is 1.40. The third-order valence-corrected chi connectivity index (χ3v) is 7.12. The normalized spacial score (nSPS) is 21.7. The Kier molecular flexibility index (Phi) is 7.64. The zero-order valence-corrected chi connectivity index (χ0v) is 23.6. The van der Waals surface area contributed by atoms with E-state index in [0.717, 1.165) is 22.2 Å². The van der Waals surface area contributed by atoms with Gasteiger partial charge in [0.2, 0.25) is 0 Å². The van der Waals surface area contributed by atoms with E-state index in [-0.39, 0.29) is 25.6 Å². The van der Waals surface area contributed by atoms with Crippen LogP contribution in [0.1, 0.15) is 55.4 Å². The minimum absolute atomic E-state index is 0. The number of amides is 1. The van der Waals surface area contributed by atoms with Gasteiger partial charge in [-0.05, 0) is 67.5 Å². The average molecular weight is 523 g/mol. The molecule has 1 aromatic heterocycles. The van der Waals surface area contributed by atoms with Crippen LogP contribution in [0, 0.1) is 0 Å². The first-order chi connectivity index (χ1) is 15.7. The van der Waals surface area contributed by atoms with Crippen LogP contribution < -0.4 is 10.4 Å². The second kappa shape index (κ2) is 9.61. The first-order valence-electron chi connectivity index (χ1n) is 11.7. The lowest BCUT2D eigenvalue weighted by Crippen LogP contribution is -2.54. The molecule has 4 rings (SSSR count). The first-order valence-corrected chi connectivity index (χ1v) is 12.1. The van der Waals surface area contributed by atoms with Gasteiger partial charge in [-0.2, -0.15) is 13.5 Å². The van der Waals surface area contributed by atoms with Crippen molar-refractivity contribution in [3.8, 4) is 0 Å². The predicted octanol–water partition coefficient (Wildman–Crippen LogP) is 4.14. The summed E-state index contributed by atoms with van der Waals surface area (Å²) in [5.41, 5.74) is 0.0685. The summed E-state index contributed by atoms with van der Waals surface area (Å²) >= 11 is 6.74. The first kappa shape index (κ1) is 27.8. The monoisotopic (exact) mass is 522 g/mol. The van der Waals surface area contributed by atoms with Crippen LogP contribution in [0.15, 0.2) is 18.5 Å². The van der Waals surface area contributed by atoms with Crippen LogP contribution in [0.3, 0.4) is 0 Å². The smallest absolute Gasteiger partial charge is 0.444 e. The Balaban J connectivity index is 0.00000342. The molecule has 1 atom stereocenters. The fourth-order valence-electron chi connectivity index (χ4n) is 4.22. The molecule has 0 radical (unpaired) electrons. The summed E-state index contributed by atoms with van der Waals surface area (Å²) in [6, 6.07) is 3.85. The van der Waals surface area contributed by atoms with E-state index >= 15 is 0 Å². The van der Waals surface area contributed by atoms with Gasteiger partial charge in [-0.3, -0.25) is 0 Å². The molecule has 2 saturated heterocycles. The molecule has 2 aliphatic heterocycles. The lowest BCUT2D eigenvalue weighted by Gasteiger charge is -2.41. The van der Waals surface area contributed by atoms with Crippen molar-refractivity contribution in [2.24, 2.45) is 0 Å². The van der Waals surface area contributed by atoms with E-state index in [1.807, 2.05) is 60.6 Å². The van der Waals surface area contributed by atoms with Crippen molar-refractivity contribution in [3.05, 3.63) is 23.5 Å². The Morgan fingerprint density at radius 3 is 2.34 bits per heavy atom. The zero-order chi connectivity index (χ0) is 25.1. The van der Waals surface area contributed by atoms with E-state index in [9.17, 15) is 4.79 Å². The van der Waals surface area contributed by atoms with Crippen molar-refractivity contribution in [1.82, 2.24) is 14.9 Å². The van der Waals surface area contributed by atoms with Crippen LogP contribution in [0.25, 0.3) is 10.9 Å². The minimum Gasteiger partial charge on any atom is -0.444 e. The molecular formula is C24H36BClN4O4S. The Morgan fingerprint density at radius 1 is 1.14 bits per heavy atom. The van der Waals surface area contributed by atoms with Gasteiger partial charge in [0.05, 0.1) is 16.7 Å². The molecule has 2 aliphatic rings. The van der Waals surface area contributed by atoms with E-state index in [0.29, 0.717) is 24.7 Å². The molecule has 1 aromatic carbocycles. The summed E-state index contributed by atoms with van der Waals surface area (Å²) in [6.45, 7) is 17.5. The Labute approximate surface area is 220 Å². The van der Waals surface area contributed by atoms with Gasteiger partial charge in [0, 0.05) is 41.5 Å². The summed E-state index contributed by atoms with van der Waals surface area (Å²) < 4.78 is 17.9. The van der Waals surface area contributed by atoms with Crippen molar-refractivity contribution >= 4 is 60.5 Å². The van der Waals surface area contributed by atoms with E-state index in [2.05, 4.69) is 21.8 Å². The zero-order valence-electron chi connectivity index (χ0n) is 21.8. The number of halogens is 1. The molecule has 8 nitrogen and oxygen atoms in total. The number of hydrogen-bond acceptors (Lipinski definition) is 7. The maximum Gasteiger partial charge on any atom is 0.496 e. The van der Waals surface area contributed by atoms with Crippen LogP contribution in [0.5, 0.6) is 0 Å². The maximum absolute atomic E-state index is 12.5. The highest BCUT2D eigenvalue weighted by Crippen LogP contribution is 2.37. The van der Waals surface area contributed by atoms with Crippen molar-refractivity contribution in [2.75, 3.05) is 24.5 Å². The van der Waals surface area contributed by atoms with Crippen LogP contribution in [-0.4, -0.2) is 70.6 Å².